The molecular formula is C15H22O2S. The van der Waals surface area contributed by atoms with Crippen molar-refractivity contribution in [3.63, 3.8) is 0 Å². The molecule has 0 aliphatic rings. The molecule has 0 radical (unpaired) electrons. The average molecular weight is 266 g/mol. The van der Waals surface area contributed by atoms with Crippen molar-refractivity contribution in [1.82, 2.24) is 0 Å². The summed E-state index contributed by atoms with van der Waals surface area (Å²) in [6.07, 6.45) is 1.14. The van der Waals surface area contributed by atoms with E-state index >= 15 is 0 Å². The number of benzene rings is 1. The van der Waals surface area contributed by atoms with Crippen LogP contribution < -0.4 is 0 Å². The smallest absolute Gasteiger partial charge is 0.0954 e. The maximum atomic E-state index is 10.4. The lowest BCUT2D eigenvalue weighted by atomic mass is 9.89. The van der Waals surface area contributed by atoms with Gasteiger partial charge >= 0.3 is 0 Å². The number of aliphatic hydroxyl groups excluding tert-OH is 1. The predicted octanol–water partition coefficient (Wildman–Crippen LogP) is 4.06. The van der Waals surface area contributed by atoms with Gasteiger partial charge in [0.1, 0.15) is 0 Å². The predicted molar refractivity (Wildman–Crippen MR) is 77.5 cm³/mol. The Morgan fingerprint density at radius 3 is 2.44 bits per heavy atom. The van der Waals surface area contributed by atoms with E-state index in [1.165, 1.54) is 0 Å². The van der Waals surface area contributed by atoms with Gasteiger partial charge in [0, 0.05) is 4.90 Å². The third-order valence-corrected chi connectivity index (χ3v) is 3.50. The van der Waals surface area contributed by atoms with Crippen molar-refractivity contribution in [2.24, 2.45) is 5.41 Å². The van der Waals surface area contributed by atoms with Crippen LogP contribution in [0.1, 0.15) is 27.7 Å². The molecule has 0 fully saturated rings. The lowest BCUT2D eigenvalue weighted by molar-refractivity contribution is 0.0981. The summed E-state index contributed by atoms with van der Waals surface area (Å²) < 4.78 is 5.34. The summed E-state index contributed by atoms with van der Waals surface area (Å²) in [6, 6.07) is 10.0. The Morgan fingerprint density at radius 2 is 1.94 bits per heavy atom. The van der Waals surface area contributed by atoms with Gasteiger partial charge in [0.2, 0.25) is 0 Å². The van der Waals surface area contributed by atoms with Crippen molar-refractivity contribution in [2.75, 3.05) is 6.61 Å². The minimum absolute atomic E-state index is 0.204. The minimum Gasteiger partial charge on any atom is -0.501 e. The maximum Gasteiger partial charge on any atom is 0.0954 e. The van der Waals surface area contributed by atoms with Crippen LogP contribution in [0.15, 0.2) is 46.4 Å². The second-order valence-electron chi connectivity index (χ2n) is 5.16. The molecule has 0 aliphatic carbocycles. The Labute approximate surface area is 114 Å². The molecule has 2 nitrogen and oxygen atoms in total. The average Bonchev–Trinajstić information content (AvgIpc) is 2.33. The summed E-state index contributed by atoms with van der Waals surface area (Å²) in [4.78, 5) is 1.95. The van der Waals surface area contributed by atoms with Crippen LogP contribution in [0.25, 0.3) is 0 Å². The van der Waals surface area contributed by atoms with E-state index in [0.29, 0.717) is 6.61 Å². The molecule has 1 N–H and O–H groups in total. The standard InChI is InChI=1S/C15H22O2S/c1-5-17-11-13(14(16)15(2,3)4)18-12-9-7-6-8-10-12/h6-11,14,16H,5H2,1-4H3/b13-11-. The Morgan fingerprint density at radius 1 is 1.33 bits per heavy atom. The van der Waals surface area contributed by atoms with Crippen LogP contribution >= 0.6 is 11.8 Å². The summed E-state index contributed by atoms with van der Waals surface area (Å²) in [7, 11) is 0. The van der Waals surface area contributed by atoms with Gasteiger partial charge in [0.05, 0.1) is 23.9 Å². The van der Waals surface area contributed by atoms with Crippen LogP contribution in [0.3, 0.4) is 0 Å². The first-order valence-electron chi connectivity index (χ1n) is 6.17. The van der Waals surface area contributed by atoms with Gasteiger partial charge in [-0.15, -0.1) is 0 Å². The van der Waals surface area contributed by atoms with E-state index in [0.717, 1.165) is 9.80 Å². The molecular weight excluding hydrogens is 244 g/mol. The highest BCUT2D eigenvalue weighted by molar-refractivity contribution is 8.03. The van der Waals surface area contributed by atoms with E-state index < -0.39 is 6.10 Å². The van der Waals surface area contributed by atoms with E-state index in [4.69, 9.17) is 4.74 Å². The van der Waals surface area contributed by atoms with Crippen LogP contribution in [0.5, 0.6) is 0 Å². The van der Waals surface area contributed by atoms with E-state index in [1.807, 2.05) is 58.0 Å². The van der Waals surface area contributed by atoms with Gasteiger partial charge < -0.3 is 9.84 Å². The van der Waals surface area contributed by atoms with Crippen molar-refractivity contribution < 1.29 is 9.84 Å². The SMILES string of the molecule is CCO/C=C(\Sc1ccccc1)C(O)C(C)(C)C. The van der Waals surface area contributed by atoms with Crippen molar-refractivity contribution in [3.05, 3.63) is 41.5 Å². The molecule has 100 valence electrons. The number of rotatable bonds is 5. The second kappa shape index (κ2) is 6.86. The molecule has 1 aromatic carbocycles. The first-order valence-corrected chi connectivity index (χ1v) is 6.99. The van der Waals surface area contributed by atoms with Gasteiger partial charge in [0.15, 0.2) is 0 Å². The van der Waals surface area contributed by atoms with Crippen LogP contribution in [0.4, 0.5) is 0 Å². The Kier molecular flexibility index (Phi) is 5.76. The third kappa shape index (κ3) is 4.75. The molecule has 0 saturated heterocycles. The van der Waals surface area contributed by atoms with Crippen LogP contribution in [0, 0.1) is 5.41 Å². The zero-order valence-electron chi connectivity index (χ0n) is 11.5. The lowest BCUT2D eigenvalue weighted by Crippen LogP contribution is -2.27. The number of ether oxygens (including phenoxy) is 1. The van der Waals surface area contributed by atoms with E-state index in [2.05, 4.69) is 0 Å². The Bertz CT molecular complexity index is 379. The fraction of sp³-hybridized carbons (Fsp3) is 0.467. The zero-order valence-corrected chi connectivity index (χ0v) is 12.3. The summed E-state index contributed by atoms with van der Waals surface area (Å²) in [5, 5.41) is 10.4. The van der Waals surface area contributed by atoms with Gasteiger partial charge in [-0.2, -0.15) is 0 Å². The molecule has 18 heavy (non-hydrogen) atoms. The molecule has 1 atom stereocenters. The molecule has 3 heteroatoms. The van der Waals surface area contributed by atoms with Gasteiger partial charge in [-0.05, 0) is 24.5 Å². The zero-order chi connectivity index (χ0) is 13.6. The fourth-order valence-corrected chi connectivity index (χ4v) is 2.51. The van der Waals surface area contributed by atoms with Crippen LogP contribution in [0.2, 0.25) is 0 Å². The van der Waals surface area contributed by atoms with Crippen LogP contribution in [-0.4, -0.2) is 17.8 Å². The minimum atomic E-state index is -0.533. The molecule has 1 aromatic rings. The number of aliphatic hydroxyl groups is 1. The van der Waals surface area contributed by atoms with Gasteiger partial charge in [-0.1, -0.05) is 50.7 Å². The highest BCUT2D eigenvalue weighted by Gasteiger charge is 2.26. The van der Waals surface area contributed by atoms with Crippen LogP contribution in [-0.2, 0) is 4.74 Å². The van der Waals surface area contributed by atoms with Crippen molar-refractivity contribution in [3.8, 4) is 0 Å². The molecule has 0 bridgehead atoms. The van der Waals surface area contributed by atoms with Gasteiger partial charge in [0.25, 0.3) is 0 Å². The van der Waals surface area contributed by atoms with E-state index in [1.54, 1.807) is 18.0 Å². The van der Waals surface area contributed by atoms with E-state index in [9.17, 15) is 5.11 Å². The molecule has 1 unspecified atom stereocenters. The van der Waals surface area contributed by atoms with Crippen molar-refractivity contribution in [2.45, 2.75) is 38.7 Å². The summed E-state index contributed by atoms with van der Waals surface area (Å²) >= 11 is 1.55. The molecule has 0 spiro atoms. The lowest BCUT2D eigenvalue weighted by Gasteiger charge is -2.27. The Balaban J connectivity index is 2.86. The second-order valence-corrected chi connectivity index (χ2v) is 6.31. The highest BCUT2D eigenvalue weighted by Crippen LogP contribution is 2.35. The number of hydrogen-bond donors (Lipinski definition) is 1. The van der Waals surface area contributed by atoms with Crippen molar-refractivity contribution >= 4 is 11.8 Å². The largest absolute Gasteiger partial charge is 0.501 e. The van der Waals surface area contributed by atoms with Gasteiger partial charge in [-0.3, -0.25) is 0 Å². The summed E-state index contributed by atoms with van der Waals surface area (Å²) in [5.74, 6) is 0. The number of hydrogen-bond acceptors (Lipinski definition) is 3. The molecule has 0 heterocycles. The highest BCUT2D eigenvalue weighted by atomic mass is 32.2. The van der Waals surface area contributed by atoms with Crippen molar-refractivity contribution in [1.29, 1.82) is 0 Å². The third-order valence-electron chi connectivity index (χ3n) is 2.43. The number of thioether (sulfide) groups is 1. The normalized spacial score (nSPS) is 14.4. The summed E-state index contributed by atoms with van der Waals surface area (Å²) in [5.41, 5.74) is -0.204. The van der Waals surface area contributed by atoms with Gasteiger partial charge in [-0.25, -0.2) is 0 Å². The maximum absolute atomic E-state index is 10.4. The molecule has 1 rings (SSSR count). The molecule has 0 amide bonds. The quantitative estimate of drug-likeness (QED) is 0.643. The fourth-order valence-electron chi connectivity index (χ4n) is 1.36. The first-order chi connectivity index (χ1) is 8.45. The topological polar surface area (TPSA) is 29.5 Å². The monoisotopic (exact) mass is 266 g/mol. The first kappa shape index (κ1) is 15.1. The molecule has 0 aliphatic heterocycles. The summed E-state index contributed by atoms with van der Waals surface area (Å²) in [6.45, 7) is 8.59. The Hall–Kier alpha value is -0.930. The molecule has 0 aromatic heterocycles. The molecule has 0 saturated carbocycles. The van der Waals surface area contributed by atoms with E-state index in [-0.39, 0.29) is 5.41 Å².